The molecule has 0 saturated heterocycles. The third kappa shape index (κ3) is 4.94. The molecule has 0 aromatic rings. The molecule has 0 N–H and O–H groups in total. The first-order chi connectivity index (χ1) is 9.60. The molecule has 0 aromatic carbocycles. The van der Waals surface area contributed by atoms with Crippen LogP contribution >= 0.6 is 0 Å². The number of ketones is 1. The largest absolute Gasteiger partial charge is 0.465 e. The van der Waals surface area contributed by atoms with E-state index in [4.69, 9.17) is 9.47 Å². The smallest absolute Gasteiger partial charge is 0.320 e. The molecule has 0 radical (unpaired) electrons. The van der Waals surface area contributed by atoms with Gasteiger partial charge in [-0.05, 0) is 26.7 Å². The predicted octanol–water partition coefficient (Wildman–Crippen LogP) is 2.27. The molecule has 1 aliphatic rings. The number of hydrogen-bond acceptors (Lipinski definition) is 5. The molecular weight excluding hydrogens is 260 g/mol. The van der Waals surface area contributed by atoms with E-state index in [9.17, 15) is 14.4 Å². The average Bonchev–Trinajstić information content (AvgIpc) is 2.45. The minimum atomic E-state index is -1.11. The molecule has 0 amide bonds. The van der Waals surface area contributed by atoms with Gasteiger partial charge < -0.3 is 9.47 Å². The van der Waals surface area contributed by atoms with E-state index in [2.05, 4.69) is 0 Å². The lowest BCUT2D eigenvalue weighted by molar-refractivity contribution is -0.163. The lowest BCUT2D eigenvalue weighted by atomic mass is 9.83. The average molecular weight is 284 g/mol. The molecule has 20 heavy (non-hydrogen) atoms. The fraction of sp³-hybridized carbons (Fsp3) is 0.800. The summed E-state index contributed by atoms with van der Waals surface area (Å²) in [5.74, 6) is -2.46. The zero-order chi connectivity index (χ0) is 15.0. The molecule has 0 aliphatic heterocycles. The summed E-state index contributed by atoms with van der Waals surface area (Å²) >= 11 is 0. The second-order valence-electron chi connectivity index (χ2n) is 5.06. The first kappa shape index (κ1) is 16.7. The number of ether oxygens (including phenoxy) is 2. The number of carbonyl (C=O) groups is 3. The van der Waals surface area contributed by atoms with Gasteiger partial charge in [-0.25, -0.2) is 0 Å². The maximum atomic E-state index is 12.2. The van der Waals surface area contributed by atoms with E-state index in [0.29, 0.717) is 0 Å². The van der Waals surface area contributed by atoms with E-state index in [1.807, 2.05) is 0 Å². The highest BCUT2D eigenvalue weighted by molar-refractivity contribution is 5.99. The molecule has 0 heterocycles. The molecule has 114 valence electrons. The summed E-state index contributed by atoms with van der Waals surface area (Å²) in [5, 5.41) is 0. The van der Waals surface area contributed by atoms with E-state index in [1.165, 1.54) is 0 Å². The number of carbonyl (C=O) groups excluding carboxylic acids is 3. The summed E-state index contributed by atoms with van der Waals surface area (Å²) in [5.41, 5.74) is 0. The van der Waals surface area contributed by atoms with E-state index in [1.54, 1.807) is 13.8 Å². The van der Waals surface area contributed by atoms with E-state index in [-0.39, 0.29) is 31.3 Å². The van der Waals surface area contributed by atoms with Crippen LogP contribution in [0.1, 0.15) is 52.4 Å². The molecule has 0 unspecified atom stereocenters. The Morgan fingerprint density at radius 1 is 0.950 bits per heavy atom. The number of esters is 2. The van der Waals surface area contributed by atoms with Crippen LogP contribution in [0.4, 0.5) is 0 Å². The van der Waals surface area contributed by atoms with Crippen molar-refractivity contribution in [3.05, 3.63) is 0 Å². The standard InChI is InChI=1S/C15H24O5/c1-3-19-14(17)12(15(18)20-4-2)10-13(16)11-8-6-5-7-9-11/h11-12H,3-10H2,1-2H3. The highest BCUT2D eigenvalue weighted by Crippen LogP contribution is 2.27. The molecular formula is C15H24O5. The number of Topliss-reactive ketones (excluding diaryl/α,β-unsaturated/α-hetero) is 1. The number of hydrogen-bond donors (Lipinski definition) is 0. The van der Waals surface area contributed by atoms with Crippen LogP contribution < -0.4 is 0 Å². The van der Waals surface area contributed by atoms with Crippen molar-refractivity contribution in [3.8, 4) is 0 Å². The summed E-state index contributed by atoms with van der Waals surface area (Å²) < 4.78 is 9.74. The highest BCUT2D eigenvalue weighted by Gasteiger charge is 2.34. The molecule has 5 heteroatoms. The first-order valence-corrected chi connectivity index (χ1v) is 7.46. The summed E-state index contributed by atoms with van der Waals surface area (Å²) in [6.07, 6.45) is 4.86. The molecule has 1 rings (SSSR count). The van der Waals surface area contributed by atoms with E-state index < -0.39 is 17.9 Å². The summed E-state index contributed by atoms with van der Waals surface area (Å²) in [4.78, 5) is 35.8. The monoisotopic (exact) mass is 284 g/mol. The van der Waals surface area contributed by atoms with E-state index >= 15 is 0 Å². The van der Waals surface area contributed by atoms with Crippen LogP contribution in [-0.4, -0.2) is 30.9 Å². The van der Waals surface area contributed by atoms with Crippen LogP contribution in [0.25, 0.3) is 0 Å². The van der Waals surface area contributed by atoms with Crippen LogP contribution in [0.15, 0.2) is 0 Å². The van der Waals surface area contributed by atoms with Gasteiger partial charge in [0.1, 0.15) is 5.78 Å². The van der Waals surface area contributed by atoms with Crippen molar-refractivity contribution >= 4 is 17.7 Å². The Morgan fingerprint density at radius 2 is 1.45 bits per heavy atom. The minimum absolute atomic E-state index is 0.0178. The van der Waals surface area contributed by atoms with Crippen LogP contribution in [-0.2, 0) is 23.9 Å². The van der Waals surface area contributed by atoms with Gasteiger partial charge in [-0.1, -0.05) is 19.3 Å². The van der Waals surface area contributed by atoms with Crippen LogP contribution in [0, 0.1) is 11.8 Å². The van der Waals surface area contributed by atoms with Crippen molar-refractivity contribution in [2.75, 3.05) is 13.2 Å². The SMILES string of the molecule is CCOC(=O)C(CC(=O)C1CCCCC1)C(=O)OCC. The maximum absolute atomic E-state index is 12.2. The summed E-state index contributed by atoms with van der Waals surface area (Å²) in [7, 11) is 0. The Kier molecular flexibility index (Phi) is 7.26. The van der Waals surface area contributed by atoms with Gasteiger partial charge in [0.05, 0.1) is 13.2 Å². The minimum Gasteiger partial charge on any atom is -0.465 e. The van der Waals surface area contributed by atoms with Crippen molar-refractivity contribution in [1.82, 2.24) is 0 Å². The lowest BCUT2D eigenvalue weighted by Gasteiger charge is -2.22. The normalized spacial score (nSPS) is 15.9. The van der Waals surface area contributed by atoms with Crippen molar-refractivity contribution in [3.63, 3.8) is 0 Å². The van der Waals surface area contributed by atoms with Gasteiger partial charge in [-0.3, -0.25) is 14.4 Å². The van der Waals surface area contributed by atoms with Gasteiger partial charge in [-0.2, -0.15) is 0 Å². The Balaban J connectivity index is 2.64. The van der Waals surface area contributed by atoms with Crippen LogP contribution in [0.5, 0.6) is 0 Å². The van der Waals surface area contributed by atoms with E-state index in [0.717, 1.165) is 32.1 Å². The zero-order valence-corrected chi connectivity index (χ0v) is 12.4. The third-order valence-corrected chi connectivity index (χ3v) is 3.61. The van der Waals surface area contributed by atoms with Gasteiger partial charge in [0.25, 0.3) is 0 Å². The van der Waals surface area contributed by atoms with Gasteiger partial charge in [0, 0.05) is 12.3 Å². The number of rotatable bonds is 7. The topological polar surface area (TPSA) is 69.7 Å². The molecule has 0 aromatic heterocycles. The molecule has 1 fully saturated rings. The summed E-state index contributed by atoms with van der Waals surface area (Å²) in [6, 6.07) is 0. The van der Waals surface area contributed by atoms with Gasteiger partial charge >= 0.3 is 11.9 Å². The Hall–Kier alpha value is -1.39. The van der Waals surface area contributed by atoms with Crippen LogP contribution in [0.2, 0.25) is 0 Å². The predicted molar refractivity (Wildman–Crippen MR) is 73.0 cm³/mol. The molecule has 0 atom stereocenters. The second kappa shape index (κ2) is 8.72. The Bertz CT molecular complexity index is 326. The fourth-order valence-electron chi connectivity index (χ4n) is 2.54. The second-order valence-corrected chi connectivity index (χ2v) is 5.06. The van der Waals surface area contributed by atoms with Gasteiger partial charge in [0.15, 0.2) is 5.92 Å². The highest BCUT2D eigenvalue weighted by atomic mass is 16.6. The Morgan fingerprint density at radius 3 is 1.90 bits per heavy atom. The first-order valence-electron chi connectivity index (χ1n) is 7.46. The molecule has 5 nitrogen and oxygen atoms in total. The van der Waals surface area contributed by atoms with Gasteiger partial charge in [0.2, 0.25) is 0 Å². The van der Waals surface area contributed by atoms with Gasteiger partial charge in [-0.15, -0.1) is 0 Å². The maximum Gasteiger partial charge on any atom is 0.320 e. The zero-order valence-electron chi connectivity index (χ0n) is 12.4. The Labute approximate surface area is 120 Å². The van der Waals surface area contributed by atoms with Crippen molar-refractivity contribution in [2.45, 2.75) is 52.4 Å². The van der Waals surface area contributed by atoms with Crippen molar-refractivity contribution in [2.24, 2.45) is 11.8 Å². The quantitative estimate of drug-likeness (QED) is 0.530. The lowest BCUT2D eigenvalue weighted by Crippen LogP contribution is -2.32. The molecule has 1 saturated carbocycles. The third-order valence-electron chi connectivity index (χ3n) is 3.61. The molecule has 1 aliphatic carbocycles. The molecule has 0 spiro atoms. The molecule has 0 bridgehead atoms. The fourth-order valence-corrected chi connectivity index (χ4v) is 2.54. The van der Waals surface area contributed by atoms with Crippen molar-refractivity contribution in [1.29, 1.82) is 0 Å². The van der Waals surface area contributed by atoms with Crippen molar-refractivity contribution < 1.29 is 23.9 Å². The summed E-state index contributed by atoms with van der Waals surface area (Å²) in [6.45, 7) is 3.71. The van der Waals surface area contributed by atoms with Crippen LogP contribution in [0.3, 0.4) is 0 Å².